The van der Waals surface area contributed by atoms with Crippen LogP contribution in [-0.2, 0) is 0 Å². The summed E-state index contributed by atoms with van der Waals surface area (Å²) in [5, 5.41) is 30.0. The highest BCUT2D eigenvalue weighted by molar-refractivity contribution is 5.76. The molecule has 1 atom stereocenters. The zero-order valence-corrected chi connectivity index (χ0v) is 8.81. The van der Waals surface area contributed by atoms with Gasteiger partial charge in [-0.1, -0.05) is 0 Å². The number of nitrogens with zero attached hydrogens (tertiary/aromatic N) is 1. The molecular weight excluding hydrogens is 200 g/mol. The average molecular weight is 218 g/mol. The zero-order chi connectivity index (χ0) is 11.5. The number of amides is 2. The highest BCUT2D eigenvalue weighted by Crippen LogP contribution is 2.20. The molecule has 2 amide bonds. The summed E-state index contributed by atoms with van der Waals surface area (Å²) in [6, 6.07) is -0.205. The number of rotatable bonds is 5. The van der Waals surface area contributed by atoms with Gasteiger partial charge in [0.2, 0.25) is 0 Å². The molecule has 0 saturated carbocycles. The summed E-state index contributed by atoms with van der Waals surface area (Å²) >= 11 is 0. The van der Waals surface area contributed by atoms with Gasteiger partial charge in [0.25, 0.3) is 0 Å². The largest absolute Gasteiger partial charge is 0.396 e. The SMILES string of the molecule is CC1CNC(=O)N1CC(CO)(CO)CO. The predicted octanol–water partition coefficient (Wildman–Crippen LogP) is -1.64. The molecule has 0 spiro atoms. The van der Waals surface area contributed by atoms with Gasteiger partial charge in [0, 0.05) is 19.1 Å². The van der Waals surface area contributed by atoms with Gasteiger partial charge in [-0.15, -0.1) is 0 Å². The summed E-state index contributed by atoms with van der Waals surface area (Å²) in [5.41, 5.74) is -1.02. The molecule has 6 nitrogen and oxygen atoms in total. The number of hydrogen-bond acceptors (Lipinski definition) is 4. The first-order chi connectivity index (χ1) is 7.08. The van der Waals surface area contributed by atoms with Gasteiger partial charge in [-0.2, -0.15) is 0 Å². The topological polar surface area (TPSA) is 93.0 Å². The Morgan fingerprint density at radius 3 is 2.27 bits per heavy atom. The third-order valence-corrected chi connectivity index (χ3v) is 2.85. The number of hydrogen-bond donors (Lipinski definition) is 4. The monoisotopic (exact) mass is 218 g/mol. The molecule has 0 radical (unpaired) electrons. The normalized spacial score (nSPS) is 22.0. The smallest absolute Gasteiger partial charge is 0.317 e. The van der Waals surface area contributed by atoms with E-state index in [0.717, 1.165) is 0 Å². The minimum Gasteiger partial charge on any atom is -0.396 e. The summed E-state index contributed by atoms with van der Waals surface area (Å²) in [6.07, 6.45) is 0. The molecule has 0 aromatic heterocycles. The van der Waals surface area contributed by atoms with Gasteiger partial charge in [-0.3, -0.25) is 0 Å². The van der Waals surface area contributed by atoms with Crippen LogP contribution >= 0.6 is 0 Å². The van der Waals surface area contributed by atoms with E-state index in [4.69, 9.17) is 15.3 Å². The van der Waals surface area contributed by atoms with Crippen molar-refractivity contribution in [1.82, 2.24) is 10.2 Å². The fraction of sp³-hybridized carbons (Fsp3) is 0.889. The van der Waals surface area contributed by atoms with Crippen LogP contribution in [0.5, 0.6) is 0 Å². The summed E-state index contributed by atoms with van der Waals surface area (Å²) in [5.74, 6) is 0. The number of carbonyl (C=O) groups is 1. The standard InChI is InChI=1S/C9H18N2O4/c1-7-2-10-8(15)11(7)3-9(4-12,5-13)6-14/h7,12-14H,2-6H2,1H3,(H,10,15). The van der Waals surface area contributed by atoms with Crippen molar-refractivity contribution >= 4 is 6.03 Å². The lowest BCUT2D eigenvalue weighted by Crippen LogP contribution is -2.48. The second-order valence-electron chi connectivity index (χ2n) is 4.14. The molecule has 1 aliphatic heterocycles. The number of carbonyl (C=O) groups excluding carboxylic acids is 1. The molecule has 0 aromatic rings. The first kappa shape index (κ1) is 12.2. The molecule has 1 unspecified atom stereocenters. The highest BCUT2D eigenvalue weighted by Gasteiger charge is 2.36. The van der Waals surface area contributed by atoms with Crippen molar-refractivity contribution in [3.63, 3.8) is 0 Å². The fourth-order valence-electron chi connectivity index (χ4n) is 1.54. The van der Waals surface area contributed by atoms with Crippen molar-refractivity contribution in [1.29, 1.82) is 0 Å². The molecule has 1 rings (SSSR count). The average Bonchev–Trinajstić information content (AvgIpc) is 2.57. The summed E-state index contributed by atoms with van der Waals surface area (Å²) < 4.78 is 0. The highest BCUT2D eigenvalue weighted by atomic mass is 16.3. The van der Waals surface area contributed by atoms with Crippen molar-refractivity contribution in [3.05, 3.63) is 0 Å². The van der Waals surface area contributed by atoms with Gasteiger partial charge in [0.15, 0.2) is 0 Å². The van der Waals surface area contributed by atoms with E-state index in [1.54, 1.807) is 0 Å². The van der Waals surface area contributed by atoms with E-state index in [1.807, 2.05) is 6.92 Å². The van der Waals surface area contributed by atoms with Gasteiger partial charge in [-0.25, -0.2) is 4.79 Å². The molecule has 0 bridgehead atoms. The fourth-order valence-corrected chi connectivity index (χ4v) is 1.54. The van der Waals surface area contributed by atoms with Crippen LogP contribution in [0.4, 0.5) is 4.79 Å². The van der Waals surface area contributed by atoms with E-state index in [-0.39, 0.29) is 38.4 Å². The Hall–Kier alpha value is -0.850. The Morgan fingerprint density at radius 1 is 1.40 bits per heavy atom. The van der Waals surface area contributed by atoms with Crippen molar-refractivity contribution in [3.8, 4) is 0 Å². The molecular formula is C9H18N2O4. The third-order valence-electron chi connectivity index (χ3n) is 2.85. The van der Waals surface area contributed by atoms with Crippen LogP contribution in [-0.4, -0.2) is 65.2 Å². The predicted molar refractivity (Wildman–Crippen MR) is 53.3 cm³/mol. The van der Waals surface area contributed by atoms with Crippen molar-refractivity contribution in [2.75, 3.05) is 32.9 Å². The van der Waals surface area contributed by atoms with E-state index in [0.29, 0.717) is 6.54 Å². The van der Waals surface area contributed by atoms with Gasteiger partial charge in [0.05, 0.1) is 25.2 Å². The Labute approximate surface area is 88.5 Å². The summed E-state index contributed by atoms with van der Waals surface area (Å²) in [4.78, 5) is 12.9. The second kappa shape index (κ2) is 4.78. The minimum atomic E-state index is -1.02. The zero-order valence-electron chi connectivity index (χ0n) is 8.81. The van der Waals surface area contributed by atoms with Crippen LogP contribution in [0.3, 0.4) is 0 Å². The molecule has 0 aromatic carbocycles. The molecule has 6 heteroatoms. The van der Waals surface area contributed by atoms with Crippen molar-refractivity contribution < 1.29 is 20.1 Å². The quantitative estimate of drug-likeness (QED) is 0.445. The first-order valence-corrected chi connectivity index (χ1v) is 4.95. The van der Waals surface area contributed by atoms with E-state index in [9.17, 15) is 4.79 Å². The first-order valence-electron chi connectivity index (χ1n) is 4.95. The molecule has 4 N–H and O–H groups in total. The molecule has 88 valence electrons. The van der Waals surface area contributed by atoms with Gasteiger partial charge >= 0.3 is 6.03 Å². The van der Waals surface area contributed by atoms with E-state index in [2.05, 4.69) is 5.32 Å². The van der Waals surface area contributed by atoms with Crippen LogP contribution < -0.4 is 5.32 Å². The number of urea groups is 1. The van der Waals surface area contributed by atoms with Crippen LogP contribution in [0.2, 0.25) is 0 Å². The Bertz CT molecular complexity index is 222. The van der Waals surface area contributed by atoms with Crippen LogP contribution in [0.15, 0.2) is 0 Å². The van der Waals surface area contributed by atoms with Gasteiger partial charge in [0.1, 0.15) is 0 Å². The van der Waals surface area contributed by atoms with Crippen LogP contribution in [0.1, 0.15) is 6.92 Å². The van der Waals surface area contributed by atoms with Crippen molar-refractivity contribution in [2.45, 2.75) is 13.0 Å². The maximum Gasteiger partial charge on any atom is 0.317 e. The molecule has 15 heavy (non-hydrogen) atoms. The van der Waals surface area contributed by atoms with E-state index < -0.39 is 5.41 Å². The lowest BCUT2D eigenvalue weighted by Gasteiger charge is -2.33. The molecule has 1 fully saturated rings. The van der Waals surface area contributed by atoms with Crippen LogP contribution in [0, 0.1) is 5.41 Å². The van der Waals surface area contributed by atoms with Crippen molar-refractivity contribution in [2.24, 2.45) is 5.41 Å². The maximum atomic E-state index is 11.4. The Morgan fingerprint density at radius 2 is 1.93 bits per heavy atom. The lowest BCUT2D eigenvalue weighted by atomic mass is 9.90. The van der Waals surface area contributed by atoms with Gasteiger partial charge < -0.3 is 25.5 Å². The lowest BCUT2D eigenvalue weighted by molar-refractivity contribution is -0.0133. The number of aliphatic hydroxyl groups excluding tert-OH is 3. The van der Waals surface area contributed by atoms with Gasteiger partial charge in [-0.05, 0) is 6.92 Å². The summed E-state index contributed by atoms with van der Waals surface area (Å²) in [6.45, 7) is 1.53. The Balaban J connectivity index is 2.69. The Kier molecular flexibility index (Phi) is 3.90. The van der Waals surface area contributed by atoms with Crippen LogP contribution in [0.25, 0.3) is 0 Å². The number of aliphatic hydroxyl groups is 3. The molecule has 1 aliphatic rings. The van der Waals surface area contributed by atoms with E-state index >= 15 is 0 Å². The maximum absolute atomic E-state index is 11.4. The molecule has 1 saturated heterocycles. The third kappa shape index (κ3) is 2.39. The second-order valence-corrected chi connectivity index (χ2v) is 4.14. The molecule has 0 aliphatic carbocycles. The summed E-state index contributed by atoms with van der Waals surface area (Å²) in [7, 11) is 0. The molecule has 1 heterocycles. The van der Waals surface area contributed by atoms with E-state index in [1.165, 1.54) is 4.90 Å². The minimum absolute atomic E-state index is 0.0153. The number of nitrogens with one attached hydrogen (secondary N) is 1.